The van der Waals surface area contributed by atoms with Crippen LogP contribution in [0.2, 0.25) is 0 Å². The number of nitrogens with zero attached hydrogens (tertiary/aromatic N) is 2. The van der Waals surface area contributed by atoms with Crippen molar-refractivity contribution in [2.45, 2.75) is 26.9 Å². The molecule has 0 spiro atoms. The zero-order chi connectivity index (χ0) is 18.8. The molecule has 1 N–H and O–H groups in total. The molecule has 1 amide bonds. The van der Waals surface area contributed by atoms with Crippen molar-refractivity contribution in [2.75, 3.05) is 0 Å². The van der Waals surface area contributed by atoms with Crippen LogP contribution < -0.4 is 5.32 Å². The van der Waals surface area contributed by atoms with Gasteiger partial charge in [0, 0.05) is 37.6 Å². The van der Waals surface area contributed by atoms with Crippen molar-refractivity contribution in [3.63, 3.8) is 0 Å². The summed E-state index contributed by atoms with van der Waals surface area (Å²) in [7, 11) is 0. The Bertz CT molecular complexity index is 1090. The maximum absolute atomic E-state index is 12.9. The molecule has 0 aliphatic rings. The second-order valence-electron chi connectivity index (χ2n) is 6.69. The first-order valence-electron chi connectivity index (χ1n) is 8.93. The molecular weight excluding hydrogens is 338 g/mol. The minimum Gasteiger partial charge on any atom is -0.460 e. The van der Waals surface area contributed by atoms with Gasteiger partial charge >= 0.3 is 0 Å². The van der Waals surface area contributed by atoms with E-state index in [1.165, 1.54) is 11.1 Å². The first-order valence-corrected chi connectivity index (χ1v) is 8.93. The smallest absolute Gasteiger partial charge is 0.268 e. The van der Waals surface area contributed by atoms with Gasteiger partial charge < -0.3 is 14.3 Å². The maximum atomic E-state index is 12.9. The molecule has 136 valence electrons. The fourth-order valence-corrected chi connectivity index (χ4v) is 3.25. The number of hydrogen-bond acceptors (Lipinski definition) is 3. The van der Waals surface area contributed by atoms with Crippen LogP contribution in [0, 0.1) is 13.8 Å². The maximum Gasteiger partial charge on any atom is 0.268 e. The summed E-state index contributed by atoms with van der Waals surface area (Å²) in [4.78, 5) is 16.9. The number of aromatic nitrogens is 2. The van der Waals surface area contributed by atoms with Crippen molar-refractivity contribution in [3.8, 4) is 0 Å². The standard InChI is InChI=1S/C22H21N3O2/c1-15-5-3-4-6-18(15)14-25-19-11-16(2)27-21(19)12-20(25)22(26)24-13-17-7-9-23-10-8-17/h3-12H,13-14H2,1-2H3,(H,24,26). The van der Waals surface area contributed by atoms with E-state index in [-0.39, 0.29) is 5.91 Å². The Labute approximate surface area is 157 Å². The molecule has 0 fully saturated rings. The molecule has 1 aromatic carbocycles. The lowest BCUT2D eigenvalue weighted by atomic mass is 10.1. The minimum atomic E-state index is -0.121. The molecule has 0 radical (unpaired) electrons. The first-order chi connectivity index (χ1) is 13.1. The predicted octanol–water partition coefficient (Wildman–Crippen LogP) is 4.22. The topological polar surface area (TPSA) is 60.1 Å². The number of aryl methyl sites for hydroxylation is 2. The quantitative estimate of drug-likeness (QED) is 0.580. The molecule has 3 heterocycles. The third-order valence-electron chi connectivity index (χ3n) is 4.74. The number of rotatable bonds is 5. The van der Waals surface area contributed by atoms with Crippen molar-refractivity contribution in [1.29, 1.82) is 0 Å². The number of fused-ring (bicyclic) bond motifs is 1. The van der Waals surface area contributed by atoms with Gasteiger partial charge in [-0.2, -0.15) is 0 Å². The second kappa shape index (κ2) is 7.11. The zero-order valence-electron chi connectivity index (χ0n) is 15.4. The van der Waals surface area contributed by atoms with Gasteiger partial charge in [-0.05, 0) is 42.7 Å². The Morgan fingerprint density at radius 3 is 2.67 bits per heavy atom. The lowest BCUT2D eigenvalue weighted by molar-refractivity contribution is 0.0942. The number of hydrogen-bond donors (Lipinski definition) is 1. The Kier molecular flexibility index (Phi) is 4.50. The molecule has 0 saturated carbocycles. The summed E-state index contributed by atoms with van der Waals surface area (Å²) in [6, 6.07) is 15.8. The van der Waals surface area contributed by atoms with Gasteiger partial charge in [-0.15, -0.1) is 0 Å². The van der Waals surface area contributed by atoms with E-state index >= 15 is 0 Å². The van der Waals surface area contributed by atoms with Crippen LogP contribution in [-0.2, 0) is 13.1 Å². The molecule has 5 heteroatoms. The monoisotopic (exact) mass is 359 g/mol. The van der Waals surface area contributed by atoms with Gasteiger partial charge in [0.2, 0.25) is 0 Å². The Morgan fingerprint density at radius 1 is 1.11 bits per heavy atom. The predicted molar refractivity (Wildman–Crippen MR) is 105 cm³/mol. The van der Waals surface area contributed by atoms with Crippen LogP contribution in [0.3, 0.4) is 0 Å². The molecule has 27 heavy (non-hydrogen) atoms. The van der Waals surface area contributed by atoms with Gasteiger partial charge in [-0.25, -0.2) is 0 Å². The highest BCUT2D eigenvalue weighted by atomic mass is 16.3. The van der Waals surface area contributed by atoms with Crippen molar-refractivity contribution < 1.29 is 9.21 Å². The highest BCUT2D eigenvalue weighted by Crippen LogP contribution is 2.25. The SMILES string of the molecule is Cc1cc2c(cc(C(=O)NCc3ccncc3)n2Cc2ccccc2C)o1. The Balaban J connectivity index is 1.66. The number of benzene rings is 1. The summed E-state index contributed by atoms with van der Waals surface area (Å²) < 4.78 is 7.78. The van der Waals surface area contributed by atoms with E-state index in [1.54, 1.807) is 12.4 Å². The first kappa shape index (κ1) is 17.1. The summed E-state index contributed by atoms with van der Waals surface area (Å²) in [5, 5.41) is 2.99. The van der Waals surface area contributed by atoms with E-state index in [1.807, 2.05) is 47.9 Å². The number of amides is 1. The van der Waals surface area contributed by atoms with Crippen LogP contribution in [-0.4, -0.2) is 15.5 Å². The number of carbonyl (C=O) groups is 1. The summed E-state index contributed by atoms with van der Waals surface area (Å²) in [5.74, 6) is 0.715. The van der Waals surface area contributed by atoms with Crippen molar-refractivity contribution >= 4 is 17.0 Å². The minimum absolute atomic E-state index is 0.121. The van der Waals surface area contributed by atoms with E-state index in [0.29, 0.717) is 18.8 Å². The average Bonchev–Trinajstić information content (AvgIpc) is 3.19. The Hall–Kier alpha value is -3.34. The van der Waals surface area contributed by atoms with Crippen LogP contribution in [0.25, 0.3) is 11.1 Å². The molecule has 0 aliphatic carbocycles. The lowest BCUT2D eigenvalue weighted by Crippen LogP contribution is -2.25. The number of carbonyl (C=O) groups excluding carboxylic acids is 1. The van der Waals surface area contributed by atoms with Crippen molar-refractivity contribution in [1.82, 2.24) is 14.9 Å². The molecular formula is C22H21N3O2. The fourth-order valence-electron chi connectivity index (χ4n) is 3.25. The molecule has 3 aromatic heterocycles. The number of nitrogens with one attached hydrogen (secondary N) is 1. The van der Waals surface area contributed by atoms with Crippen LogP contribution in [0.1, 0.15) is 32.9 Å². The Morgan fingerprint density at radius 2 is 1.89 bits per heavy atom. The highest BCUT2D eigenvalue weighted by Gasteiger charge is 2.19. The van der Waals surface area contributed by atoms with Gasteiger partial charge in [0.1, 0.15) is 11.5 Å². The summed E-state index contributed by atoms with van der Waals surface area (Å²) in [6.07, 6.45) is 3.44. The molecule has 0 unspecified atom stereocenters. The molecule has 0 atom stereocenters. The van der Waals surface area contributed by atoms with E-state index in [0.717, 1.165) is 22.4 Å². The van der Waals surface area contributed by atoms with E-state index in [9.17, 15) is 4.79 Å². The summed E-state index contributed by atoms with van der Waals surface area (Å²) >= 11 is 0. The molecule has 0 bridgehead atoms. The van der Waals surface area contributed by atoms with Crippen molar-refractivity contribution in [3.05, 3.63) is 89.1 Å². The molecule has 4 aromatic rings. The normalized spacial score (nSPS) is 11.0. The average molecular weight is 359 g/mol. The third-order valence-corrected chi connectivity index (χ3v) is 4.74. The highest BCUT2D eigenvalue weighted by molar-refractivity contribution is 5.97. The van der Waals surface area contributed by atoms with Gasteiger partial charge in [-0.1, -0.05) is 24.3 Å². The van der Waals surface area contributed by atoms with Gasteiger partial charge in [0.05, 0.1) is 5.52 Å². The fraction of sp³-hybridized carbons (Fsp3) is 0.182. The van der Waals surface area contributed by atoms with E-state index in [2.05, 4.69) is 29.4 Å². The number of pyridine rings is 1. The number of furan rings is 1. The van der Waals surface area contributed by atoms with Gasteiger partial charge in [0.25, 0.3) is 5.91 Å². The van der Waals surface area contributed by atoms with Crippen molar-refractivity contribution in [2.24, 2.45) is 0 Å². The zero-order valence-corrected chi connectivity index (χ0v) is 15.4. The van der Waals surface area contributed by atoms with Gasteiger partial charge in [-0.3, -0.25) is 9.78 Å². The summed E-state index contributed by atoms with van der Waals surface area (Å²) in [6.45, 7) is 5.07. The summed E-state index contributed by atoms with van der Waals surface area (Å²) in [5.41, 5.74) is 5.65. The lowest BCUT2D eigenvalue weighted by Gasteiger charge is -2.12. The largest absolute Gasteiger partial charge is 0.460 e. The van der Waals surface area contributed by atoms with E-state index in [4.69, 9.17) is 4.42 Å². The molecule has 0 saturated heterocycles. The third kappa shape index (κ3) is 3.49. The van der Waals surface area contributed by atoms with Crippen LogP contribution >= 0.6 is 0 Å². The van der Waals surface area contributed by atoms with Gasteiger partial charge in [0.15, 0.2) is 5.58 Å². The molecule has 4 rings (SSSR count). The second-order valence-corrected chi connectivity index (χ2v) is 6.69. The van der Waals surface area contributed by atoms with Crippen LogP contribution in [0.4, 0.5) is 0 Å². The molecule has 0 aliphatic heterocycles. The van der Waals surface area contributed by atoms with E-state index < -0.39 is 0 Å². The van der Waals surface area contributed by atoms with Crippen LogP contribution in [0.15, 0.2) is 65.3 Å². The molecule has 5 nitrogen and oxygen atoms in total. The van der Waals surface area contributed by atoms with Crippen LogP contribution in [0.5, 0.6) is 0 Å².